The highest BCUT2D eigenvalue weighted by Crippen LogP contribution is 2.30. The van der Waals surface area contributed by atoms with E-state index in [1.807, 2.05) is 13.8 Å². The lowest BCUT2D eigenvalue weighted by Gasteiger charge is -2.32. The molecular formula is C22H30N4O7S. The smallest absolute Gasteiger partial charge is 0.324 e. The fraction of sp³-hybridized carbons (Fsp3) is 0.500. The zero-order chi connectivity index (χ0) is 26.2. The molecule has 0 radical (unpaired) electrons. The van der Waals surface area contributed by atoms with Crippen LogP contribution >= 0.6 is 0 Å². The van der Waals surface area contributed by atoms with E-state index in [0.717, 1.165) is 9.21 Å². The average Bonchev–Trinajstić information content (AvgIpc) is 3.02. The number of rotatable bonds is 0. The van der Waals surface area contributed by atoms with Gasteiger partial charge in [-0.3, -0.25) is 29.0 Å². The molecule has 1 aromatic rings. The van der Waals surface area contributed by atoms with Gasteiger partial charge in [-0.15, -0.1) is 0 Å². The number of hydrogen-bond donors (Lipinski definition) is 1. The van der Waals surface area contributed by atoms with E-state index in [2.05, 4.69) is 5.32 Å². The SMILES string of the molecule is CN1C(=O)CC(C)(C)CC1=O.CN1C(=O)NC(C)(C)C1=O.CN1C(=O)c2ccccc2S1(=O)=O. The monoisotopic (exact) mass is 494 g/mol. The third-order valence-corrected chi connectivity index (χ3v) is 7.41. The second-order valence-electron chi connectivity index (χ2n) is 9.56. The van der Waals surface area contributed by atoms with E-state index in [9.17, 15) is 32.4 Å². The molecule has 4 rings (SSSR count). The van der Waals surface area contributed by atoms with E-state index in [-0.39, 0.29) is 39.6 Å². The summed E-state index contributed by atoms with van der Waals surface area (Å²) in [5.41, 5.74) is -0.600. The van der Waals surface area contributed by atoms with Crippen LogP contribution in [0.25, 0.3) is 0 Å². The van der Waals surface area contributed by atoms with Gasteiger partial charge in [0.05, 0.1) is 5.56 Å². The van der Waals surface area contributed by atoms with Crippen LogP contribution in [0.5, 0.6) is 0 Å². The van der Waals surface area contributed by atoms with Crippen LogP contribution in [0.4, 0.5) is 4.79 Å². The number of nitrogens with zero attached hydrogens (tertiary/aromatic N) is 3. The number of nitrogens with one attached hydrogen (secondary N) is 1. The molecule has 2 fully saturated rings. The Kier molecular flexibility index (Phi) is 7.27. The maximum absolute atomic E-state index is 11.5. The van der Waals surface area contributed by atoms with Crippen LogP contribution < -0.4 is 5.32 Å². The zero-order valence-corrected chi connectivity index (χ0v) is 21.1. The van der Waals surface area contributed by atoms with Crippen molar-refractivity contribution in [3.8, 4) is 0 Å². The van der Waals surface area contributed by atoms with Crippen molar-refractivity contribution in [1.29, 1.82) is 0 Å². The van der Waals surface area contributed by atoms with Crippen LogP contribution in [0.2, 0.25) is 0 Å². The quantitative estimate of drug-likeness (QED) is 0.422. The molecule has 186 valence electrons. The van der Waals surface area contributed by atoms with Crippen molar-refractivity contribution in [2.45, 2.75) is 51.0 Å². The van der Waals surface area contributed by atoms with Crippen molar-refractivity contribution in [1.82, 2.24) is 19.4 Å². The van der Waals surface area contributed by atoms with Crippen LogP contribution in [0.15, 0.2) is 29.2 Å². The van der Waals surface area contributed by atoms with Gasteiger partial charge in [0, 0.05) is 34.0 Å². The van der Waals surface area contributed by atoms with Gasteiger partial charge in [-0.2, -0.15) is 0 Å². The van der Waals surface area contributed by atoms with Gasteiger partial charge in [0.1, 0.15) is 10.4 Å². The Morgan fingerprint density at radius 3 is 1.71 bits per heavy atom. The van der Waals surface area contributed by atoms with Crippen molar-refractivity contribution in [3.63, 3.8) is 0 Å². The number of benzene rings is 1. The second-order valence-corrected chi connectivity index (χ2v) is 11.5. The number of fused-ring (bicyclic) bond motifs is 1. The van der Waals surface area contributed by atoms with Crippen LogP contribution in [-0.4, -0.2) is 78.9 Å². The third kappa shape index (κ3) is 5.27. The summed E-state index contributed by atoms with van der Waals surface area (Å²) in [5.74, 6) is -0.773. The van der Waals surface area contributed by atoms with Crippen LogP contribution in [0.3, 0.4) is 0 Å². The summed E-state index contributed by atoms with van der Waals surface area (Å²) >= 11 is 0. The Morgan fingerprint density at radius 1 is 0.824 bits per heavy atom. The zero-order valence-electron chi connectivity index (χ0n) is 20.3. The first-order valence-corrected chi connectivity index (χ1v) is 11.9. The van der Waals surface area contributed by atoms with Gasteiger partial charge in [-0.25, -0.2) is 17.5 Å². The first-order chi connectivity index (χ1) is 15.4. The molecule has 3 aliphatic rings. The van der Waals surface area contributed by atoms with Gasteiger partial charge in [0.2, 0.25) is 11.8 Å². The van der Waals surface area contributed by atoms with E-state index in [4.69, 9.17) is 0 Å². The molecule has 6 amide bonds. The molecule has 3 aliphatic heterocycles. The average molecular weight is 495 g/mol. The summed E-state index contributed by atoms with van der Waals surface area (Å²) < 4.78 is 23.8. The molecule has 3 heterocycles. The largest absolute Gasteiger partial charge is 0.324 e. The number of likely N-dealkylation sites (tertiary alicyclic amines) is 1. The third-order valence-electron chi connectivity index (χ3n) is 5.61. The highest BCUT2D eigenvalue weighted by molar-refractivity contribution is 7.90. The predicted molar refractivity (Wildman–Crippen MR) is 122 cm³/mol. The molecule has 0 aliphatic carbocycles. The van der Waals surface area contributed by atoms with Crippen molar-refractivity contribution < 1.29 is 32.4 Å². The molecule has 0 aromatic heterocycles. The lowest BCUT2D eigenvalue weighted by molar-refractivity contribution is -0.150. The summed E-state index contributed by atoms with van der Waals surface area (Å²) in [4.78, 5) is 57.9. The molecule has 1 N–H and O–H groups in total. The number of hydrogen-bond acceptors (Lipinski definition) is 7. The van der Waals surface area contributed by atoms with Gasteiger partial charge in [-0.05, 0) is 31.4 Å². The molecule has 0 spiro atoms. The van der Waals surface area contributed by atoms with E-state index in [1.165, 1.54) is 31.1 Å². The normalized spacial score (nSPS) is 21.9. The molecule has 1 aromatic carbocycles. The molecule has 11 nitrogen and oxygen atoms in total. The lowest BCUT2D eigenvalue weighted by atomic mass is 9.82. The predicted octanol–water partition coefficient (Wildman–Crippen LogP) is 1.20. The Balaban J connectivity index is 0.000000182. The molecule has 0 atom stereocenters. The van der Waals surface area contributed by atoms with Crippen molar-refractivity contribution in [2.24, 2.45) is 5.41 Å². The number of imide groups is 2. The molecule has 34 heavy (non-hydrogen) atoms. The first-order valence-electron chi connectivity index (χ1n) is 10.4. The minimum atomic E-state index is -3.55. The van der Waals surface area contributed by atoms with E-state index in [1.54, 1.807) is 33.0 Å². The summed E-state index contributed by atoms with van der Waals surface area (Å²) in [6.45, 7) is 7.24. The van der Waals surface area contributed by atoms with Crippen molar-refractivity contribution in [3.05, 3.63) is 29.8 Å². The topological polar surface area (TPSA) is 141 Å². The van der Waals surface area contributed by atoms with E-state index in [0.29, 0.717) is 12.8 Å². The summed E-state index contributed by atoms with van der Waals surface area (Å²) in [6.07, 6.45) is 0.963. The molecule has 2 saturated heterocycles. The maximum Gasteiger partial charge on any atom is 0.324 e. The Bertz CT molecular complexity index is 1140. The van der Waals surface area contributed by atoms with Gasteiger partial charge in [0.25, 0.3) is 21.8 Å². The minimum absolute atomic E-state index is 0.0637. The van der Waals surface area contributed by atoms with Gasteiger partial charge < -0.3 is 5.32 Å². The van der Waals surface area contributed by atoms with Crippen LogP contribution in [0.1, 0.15) is 50.9 Å². The number of sulfonamides is 1. The summed E-state index contributed by atoms with van der Waals surface area (Å²) in [5, 5.41) is 2.53. The number of urea groups is 1. The molecule has 0 bridgehead atoms. The number of carbonyl (C=O) groups is 5. The fourth-order valence-corrected chi connectivity index (χ4v) is 4.76. The van der Waals surface area contributed by atoms with Crippen LogP contribution in [-0.2, 0) is 24.4 Å². The number of carbonyl (C=O) groups excluding carboxylic acids is 5. The Morgan fingerprint density at radius 2 is 1.32 bits per heavy atom. The minimum Gasteiger partial charge on any atom is -0.324 e. The fourth-order valence-electron chi connectivity index (χ4n) is 3.47. The number of piperidine rings is 1. The van der Waals surface area contributed by atoms with E-state index >= 15 is 0 Å². The first kappa shape index (κ1) is 27.0. The van der Waals surface area contributed by atoms with Gasteiger partial charge in [0.15, 0.2) is 0 Å². The second kappa shape index (κ2) is 9.16. The Hall–Kier alpha value is -3.28. The van der Waals surface area contributed by atoms with Crippen molar-refractivity contribution in [2.75, 3.05) is 21.1 Å². The molecule has 12 heteroatoms. The van der Waals surface area contributed by atoms with E-state index < -0.39 is 21.5 Å². The Labute approximate surface area is 199 Å². The lowest BCUT2D eigenvalue weighted by Crippen LogP contribution is -2.43. The van der Waals surface area contributed by atoms with Crippen LogP contribution in [0, 0.1) is 5.41 Å². The maximum atomic E-state index is 11.5. The number of likely N-dealkylation sites (N-methyl/N-ethyl adjacent to an activating group) is 1. The number of amides is 6. The van der Waals surface area contributed by atoms with Gasteiger partial charge >= 0.3 is 6.03 Å². The summed E-state index contributed by atoms with van der Waals surface area (Å²) in [6, 6.07) is 5.87. The highest BCUT2D eigenvalue weighted by atomic mass is 32.2. The molecule has 0 unspecified atom stereocenters. The van der Waals surface area contributed by atoms with Gasteiger partial charge in [-0.1, -0.05) is 26.0 Å². The summed E-state index contributed by atoms with van der Waals surface area (Å²) in [7, 11) is 0.718. The highest BCUT2D eigenvalue weighted by Gasteiger charge is 2.42. The molecule has 0 saturated carbocycles. The standard InChI is InChI=1S/C8H7NO3S.C8H13NO2.C6H10N2O2/c1-9-8(10)6-4-2-3-5-7(6)13(9,11)12;1-8(2)4-6(10)9(3)7(11)5-8;1-6(2)4(9)8(3)5(10)7-6/h2-5H,1H3;4-5H2,1-3H3;1-3H3,(H,7,10). The molecular weight excluding hydrogens is 464 g/mol. The van der Waals surface area contributed by atoms with Crippen molar-refractivity contribution >= 4 is 39.7 Å².